The molecule has 0 aliphatic carbocycles. The Morgan fingerprint density at radius 2 is 1.85 bits per heavy atom. The van der Waals surface area contributed by atoms with Crippen LogP contribution in [0.25, 0.3) is 0 Å². The zero-order valence-corrected chi connectivity index (χ0v) is 17.5. The fourth-order valence-electron chi connectivity index (χ4n) is 3.00. The molecule has 0 amide bonds. The minimum Gasteiger partial charge on any atom is -0.280 e. The van der Waals surface area contributed by atoms with Crippen molar-refractivity contribution >= 4 is 43.0 Å². The fourth-order valence-corrected chi connectivity index (χ4v) is 5.51. The minimum absolute atomic E-state index is 0.00966. The van der Waals surface area contributed by atoms with Crippen LogP contribution in [-0.4, -0.2) is 29.1 Å². The van der Waals surface area contributed by atoms with Crippen LogP contribution >= 0.6 is 11.6 Å². The van der Waals surface area contributed by atoms with Crippen LogP contribution in [0.2, 0.25) is 5.02 Å². The average Bonchev–Trinajstić information content (AvgIpc) is 2.63. The van der Waals surface area contributed by atoms with Gasteiger partial charge in [0.2, 0.25) is 10.0 Å². The molecule has 0 fully saturated rings. The number of nitrogens with one attached hydrogen (secondary N) is 1. The smallest absolute Gasteiger partial charge is 0.261 e. The molecule has 0 spiro atoms. The van der Waals surface area contributed by atoms with E-state index in [9.17, 15) is 16.8 Å². The number of benzene rings is 2. The van der Waals surface area contributed by atoms with Gasteiger partial charge in [-0.3, -0.25) is 9.03 Å². The van der Waals surface area contributed by atoms with Crippen LogP contribution in [0.1, 0.15) is 24.5 Å². The largest absolute Gasteiger partial charge is 0.280 e. The van der Waals surface area contributed by atoms with Crippen LogP contribution in [0.15, 0.2) is 41.3 Å². The molecule has 3 rings (SSSR count). The quantitative estimate of drug-likeness (QED) is 0.789. The number of nitrogens with zero attached hydrogens (tertiary/aromatic N) is 1. The van der Waals surface area contributed by atoms with Gasteiger partial charge < -0.3 is 0 Å². The van der Waals surface area contributed by atoms with E-state index in [0.29, 0.717) is 22.9 Å². The molecule has 0 bridgehead atoms. The third-order valence-corrected chi connectivity index (χ3v) is 8.13. The first-order chi connectivity index (χ1) is 12.6. The number of fused-ring (bicyclic) bond motifs is 1. The van der Waals surface area contributed by atoms with Gasteiger partial charge in [-0.05, 0) is 62.1 Å². The fraction of sp³-hybridized carbons (Fsp3) is 0.333. The Bertz CT molecular complexity index is 1080. The van der Waals surface area contributed by atoms with Gasteiger partial charge in [0.1, 0.15) is 0 Å². The Hall–Kier alpha value is -1.77. The van der Waals surface area contributed by atoms with E-state index >= 15 is 0 Å². The molecule has 1 aliphatic rings. The van der Waals surface area contributed by atoms with Crippen LogP contribution < -0.4 is 9.03 Å². The van der Waals surface area contributed by atoms with E-state index in [1.807, 2.05) is 0 Å². The van der Waals surface area contributed by atoms with E-state index in [2.05, 4.69) is 4.72 Å². The molecule has 1 N–H and O–H groups in total. The maximum absolute atomic E-state index is 12.7. The summed E-state index contributed by atoms with van der Waals surface area (Å²) in [6.07, 6.45) is 1.49. The van der Waals surface area contributed by atoms with E-state index < -0.39 is 20.0 Å². The van der Waals surface area contributed by atoms with Gasteiger partial charge in [-0.1, -0.05) is 23.7 Å². The van der Waals surface area contributed by atoms with E-state index in [-0.39, 0.29) is 10.6 Å². The molecule has 1 heterocycles. The van der Waals surface area contributed by atoms with Crippen molar-refractivity contribution in [3.8, 4) is 0 Å². The second-order valence-electron chi connectivity index (χ2n) is 6.44. The van der Waals surface area contributed by atoms with Crippen LogP contribution in [0.5, 0.6) is 0 Å². The summed E-state index contributed by atoms with van der Waals surface area (Å²) in [4.78, 5) is 0.0499. The predicted octanol–water partition coefficient (Wildman–Crippen LogP) is 3.55. The van der Waals surface area contributed by atoms with Crippen LogP contribution in [-0.2, 0) is 26.5 Å². The molecule has 0 saturated carbocycles. The van der Waals surface area contributed by atoms with E-state index in [4.69, 9.17) is 11.6 Å². The van der Waals surface area contributed by atoms with Crippen LogP contribution in [0.4, 0.5) is 11.4 Å². The maximum Gasteiger partial charge on any atom is 0.261 e. The van der Waals surface area contributed by atoms with Gasteiger partial charge in [-0.15, -0.1) is 0 Å². The zero-order chi connectivity index (χ0) is 19.8. The van der Waals surface area contributed by atoms with E-state index in [1.165, 1.54) is 16.4 Å². The Kier molecular flexibility index (Phi) is 5.42. The molecule has 146 valence electrons. The molecule has 0 saturated heterocycles. The van der Waals surface area contributed by atoms with Gasteiger partial charge in [0.25, 0.3) is 10.0 Å². The summed E-state index contributed by atoms with van der Waals surface area (Å²) in [6, 6.07) is 9.51. The lowest BCUT2D eigenvalue weighted by Gasteiger charge is -2.30. The lowest BCUT2D eigenvalue weighted by Crippen LogP contribution is -2.36. The molecule has 9 heteroatoms. The average molecular weight is 429 g/mol. The Morgan fingerprint density at radius 1 is 1.11 bits per heavy atom. The Morgan fingerprint density at radius 3 is 2.52 bits per heavy atom. The first-order valence-electron chi connectivity index (χ1n) is 8.56. The van der Waals surface area contributed by atoms with Crippen molar-refractivity contribution in [3.63, 3.8) is 0 Å². The van der Waals surface area contributed by atoms with Gasteiger partial charge in [-0.2, -0.15) is 0 Å². The van der Waals surface area contributed by atoms with Gasteiger partial charge in [0, 0.05) is 11.6 Å². The summed E-state index contributed by atoms with van der Waals surface area (Å²) in [7, 11) is -7.26. The van der Waals surface area contributed by atoms with Crippen molar-refractivity contribution in [2.75, 3.05) is 21.3 Å². The Balaban J connectivity index is 1.97. The van der Waals surface area contributed by atoms with Crippen LogP contribution in [0.3, 0.4) is 0 Å². The summed E-state index contributed by atoms with van der Waals surface area (Å²) in [5.41, 5.74) is 2.51. The summed E-state index contributed by atoms with van der Waals surface area (Å²) < 4.78 is 54.0. The topological polar surface area (TPSA) is 83.6 Å². The molecular weight excluding hydrogens is 408 g/mol. The molecule has 27 heavy (non-hydrogen) atoms. The summed E-state index contributed by atoms with van der Waals surface area (Å²) in [5.74, 6) is -0.00966. The molecule has 2 aromatic rings. The first-order valence-corrected chi connectivity index (χ1v) is 12.0. The third-order valence-electron chi connectivity index (χ3n) is 4.57. The molecule has 0 radical (unpaired) electrons. The summed E-state index contributed by atoms with van der Waals surface area (Å²) in [5, 5.41) is 0.364. The molecule has 0 unspecified atom stereocenters. The minimum atomic E-state index is -3.84. The van der Waals surface area contributed by atoms with Gasteiger partial charge >= 0.3 is 0 Å². The second-order valence-corrected chi connectivity index (χ2v) is 10.7. The van der Waals surface area contributed by atoms with E-state index in [0.717, 1.165) is 24.0 Å². The molecule has 2 aromatic carbocycles. The summed E-state index contributed by atoms with van der Waals surface area (Å²) >= 11 is 6.04. The molecule has 0 atom stereocenters. The van der Waals surface area contributed by atoms with E-state index in [1.54, 1.807) is 38.1 Å². The zero-order valence-electron chi connectivity index (χ0n) is 15.1. The number of hydrogen-bond donors (Lipinski definition) is 1. The van der Waals surface area contributed by atoms with Crippen LogP contribution in [0, 0.1) is 6.92 Å². The molecule has 1 aliphatic heterocycles. The number of aryl methyl sites for hydroxylation is 2. The first kappa shape index (κ1) is 20.0. The maximum atomic E-state index is 12.7. The molecular formula is C18H21ClN2O4S2. The highest BCUT2D eigenvalue weighted by molar-refractivity contribution is 7.93. The molecule has 6 nitrogen and oxygen atoms in total. The van der Waals surface area contributed by atoms with Crippen molar-refractivity contribution in [2.24, 2.45) is 0 Å². The van der Waals surface area contributed by atoms with Crippen molar-refractivity contribution in [3.05, 3.63) is 52.5 Å². The SMILES string of the molecule is CCS(=O)(=O)N1CCCc2ccc(NS(=O)(=O)c3ccc(C)c(Cl)c3)cc21. The van der Waals surface area contributed by atoms with Crippen molar-refractivity contribution in [2.45, 2.75) is 31.6 Å². The van der Waals surface area contributed by atoms with Gasteiger partial charge in [0.05, 0.1) is 22.0 Å². The number of anilines is 2. The number of hydrogen-bond acceptors (Lipinski definition) is 4. The predicted molar refractivity (Wildman–Crippen MR) is 109 cm³/mol. The second kappa shape index (κ2) is 7.33. The highest BCUT2D eigenvalue weighted by atomic mass is 35.5. The van der Waals surface area contributed by atoms with Crippen molar-refractivity contribution in [1.29, 1.82) is 0 Å². The monoisotopic (exact) mass is 428 g/mol. The summed E-state index contributed by atoms with van der Waals surface area (Å²) in [6.45, 7) is 3.78. The number of halogens is 1. The standard InChI is InChI=1S/C18H21ClN2O4S2/c1-3-26(22,23)21-10-4-5-14-7-8-15(11-18(14)21)20-27(24,25)16-9-6-13(2)17(19)12-16/h6-9,11-12,20H,3-5,10H2,1-2H3. The van der Waals surface area contributed by atoms with Crippen molar-refractivity contribution in [1.82, 2.24) is 0 Å². The third kappa shape index (κ3) is 4.07. The number of sulfonamides is 2. The Labute approximate surface area is 165 Å². The lowest BCUT2D eigenvalue weighted by atomic mass is 10.0. The van der Waals surface area contributed by atoms with Crippen molar-refractivity contribution < 1.29 is 16.8 Å². The highest BCUT2D eigenvalue weighted by Crippen LogP contribution is 2.33. The number of rotatable bonds is 5. The lowest BCUT2D eigenvalue weighted by molar-refractivity contribution is 0.587. The normalized spacial score (nSPS) is 14.7. The van der Waals surface area contributed by atoms with Gasteiger partial charge in [-0.25, -0.2) is 16.8 Å². The molecule has 0 aromatic heterocycles. The highest BCUT2D eigenvalue weighted by Gasteiger charge is 2.27. The van der Waals surface area contributed by atoms with Gasteiger partial charge in [0.15, 0.2) is 0 Å².